The van der Waals surface area contributed by atoms with Gasteiger partial charge in [-0.2, -0.15) is 0 Å². The summed E-state index contributed by atoms with van der Waals surface area (Å²) in [6.45, 7) is 2.18. The fourth-order valence-corrected chi connectivity index (χ4v) is 2.90. The largest absolute Gasteiger partial charge is 0.371 e. The molecule has 0 aliphatic carbocycles. The van der Waals surface area contributed by atoms with E-state index in [9.17, 15) is 18.4 Å². The van der Waals surface area contributed by atoms with Gasteiger partial charge in [-0.15, -0.1) is 0 Å². The van der Waals surface area contributed by atoms with Gasteiger partial charge in [0.2, 0.25) is 5.91 Å². The summed E-state index contributed by atoms with van der Waals surface area (Å²) < 4.78 is 26.3. The molecule has 3 rings (SSSR count). The van der Waals surface area contributed by atoms with Gasteiger partial charge in [0.1, 0.15) is 6.04 Å². The Morgan fingerprint density at radius 2 is 2.17 bits per heavy atom. The number of anilines is 1. The van der Waals surface area contributed by atoms with E-state index in [1.807, 2.05) is 4.90 Å². The smallest absolute Gasteiger partial charge is 0.315 e. The van der Waals surface area contributed by atoms with E-state index in [2.05, 4.69) is 16.0 Å². The highest BCUT2D eigenvalue weighted by molar-refractivity contribution is 5.90. The molecule has 6 nitrogen and oxygen atoms in total. The Bertz CT molecular complexity index is 625. The highest BCUT2D eigenvalue weighted by Gasteiger charge is 2.28. The van der Waals surface area contributed by atoms with Crippen LogP contribution in [0.5, 0.6) is 0 Å². The summed E-state index contributed by atoms with van der Waals surface area (Å²) in [5.41, 5.74) is 0.644. The van der Waals surface area contributed by atoms with Crippen molar-refractivity contribution < 1.29 is 18.4 Å². The van der Waals surface area contributed by atoms with E-state index in [1.165, 1.54) is 6.07 Å². The molecule has 2 aliphatic heterocycles. The fourth-order valence-electron chi connectivity index (χ4n) is 2.90. The summed E-state index contributed by atoms with van der Waals surface area (Å²) >= 11 is 0. The Labute approximate surface area is 132 Å². The normalized spacial score (nSPS) is 23.6. The zero-order valence-corrected chi connectivity index (χ0v) is 12.4. The summed E-state index contributed by atoms with van der Waals surface area (Å²) in [5, 5.41) is 7.88. The second kappa shape index (κ2) is 6.39. The lowest BCUT2D eigenvalue weighted by molar-refractivity contribution is -0.122. The molecule has 3 N–H and O–H groups in total. The number of hydrogen-bond donors (Lipinski definition) is 3. The molecule has 1 aromatic rings. The SMILES string of the molecule is O=C1NC[C@H](C(=O)NC[C@@H]2CCN(c3ccc(F)c(F)c3)C2)N1. The van der Waals surface area contributed by atoms with Crippen molar-refractivity contribution in [2.45, 2.75) is 12.5 Å². The predicted octanol–water partition coefficient (Wildman–Crippen LogP) is 0.589. The quantitative estimate of drug-likeness (QED) is 0.759. The van der Waals surface area contributed by atoms with Crippen molar-refractivity contribution in [3.63, 3.8) is 0 Å². The van der Waals surface area contributed by atoms with Crippen molar-refractivity contribution in [3.05, 3.63) is 29.8 Å². The van der Waals surface area contributed by atoms with E-state index >= 15 is 0 Å². The van der Waals surface area contributed by atoms with Crippen LogP contribution in [0.15, 0.2) is 18.2 Å². The van der Waals surface area contributed by atoms with Crippen LogP contribution >= 0.6 is 0 Å². The van der Waals surface area contributed by atoms with Gasteiger partial charge in [0.15, 0.2) is 11.6 Å². The Morgan fingerprint density at radius 3 is 2.87 bits per heavy atom. The molecule has 0 radical (unpaired) electrons. The number of nitrogens with one attached hydrogen (secondary N) is 3. The van der Waals surface area contributed by atoms with Crippen LogP contribution in [0.1, 0.15) is 6.42 Å². The number of rotatable bonds is 4. The molecule has 2 saturated heterocycles. The molecule has 2 aliphatic rings. The van der Waals surface area contributed by atoms with E-state index in [1.54, 1.807) is 6.07 Å². The fraction of sp³-hybridized carbons (Fsp3) is 0.467. The molecule has 23 heavy (non-hydrogen) atoms. The number of urea groups is 1. The molecule has 0 spiro atoms. The molecule has 0 unspecified atom stereocenters. The number of halogens is 2. The van der Waals surface area contributed by atoms with E-state index in [0.717, 1.165) is 19.0 Å². The van der Waals surface area contributed by atoms with E-state index in [4.69, 9.17) is 0 Å². The predicted molar refractivity (Wildman–Crippen MR) is 80.0 cm³/mol. The summed E-state index contributed by atoms with van der Waals surface area (Å²) in [6, 6.07) is 2.99. The molecule has 0 saturated carbocycles. The topological polar surface area (TPSA) is 73.5 Å². The van der Waals surface area contributed by atoms with Crippen LogP contribution in [0, 0.1) is 17.6 Å². The molecule has 124 valence electrons. The second-order valence-corrected chi connectivity index (χ2v) is 5.85. The zero-order chi connectivity index (χ0) is 16.4. The van der Waals surface area contributed by atoms with Gasteiger partial charge in [-0.1, -0.05) is 0 Å². The molecule has 2 fully saturated rings. The van der Waals surface area contributed by atoms with Gasteiger partial charge in [0.05, 0.1) is 0 Å². The maximum Gasteiger partial charge on any atom is 0.315 e. The first-order chi connectivity index (χ1) is 11.0. The Balaban J connectivity index is 1.49. The summed E-state index contributed by atoms with van der Waals surface area (Å²) in [7, 11) is 0. The molecule has 0 aromatic heterocycles. The average Bonchev–Trinajstić information content (AvgIpc) is 3.17. The molecule has 3 amide bonds. The van der Waals surface area contributed by atoms with Crippen LogP contribution in [0.3, 0.4) is 0 Å². The standard InChI is InChI=1S/C15H18F2N4O2/c16-11-2-1-10(5-12(11)17)21-4-3-9(8-21)6-18-14(22)13-7-19-15(23)20-13/h1-2,5,9,13H,3-4,6-8H2,(H,18,22)(H2,19,20,23)/t9-,13+/m0/s1. The molecule has 2 atom stereocenters. The van der Waals surface area contributed by atoms with Crippen molar-refractivity contribution in [3.8, 4) is 0 Å². The molecule has 2 heterocycles. The summed E-state index contributed by atoms with van der Waals surface area (Å²) in [6.07, 6.45) is 0.856. The maximum atomic E-state index is 13.3. The van der Waals surface area contributed by atoms with Gasteiger partial charge >= 0.3 is 6.03 Å². The average molecular weight is 324 g/mol. The van der Waals surface area contributed by atoms with Crippen molar-refractivity contribution >= 4 is 17.6 Å². The minimum atomic E-state index is -0.858. The molecule has 8 heteroatoms. The number of benzene rings is 1. The lowest BCUT2D eigenvalue weighted by Crippen LogP contribution is -2.44. The zero-order valence-electron chi connectivity index (χ0n) is 12.4. The van der Waals surface area contributed by atoms with E-state index in [0.29, 0.717) is 18.8 Å². The van der Waals surface area contributed by atoms with Crippen LogP contribution in [-0.2, 0) is 4.79 Å². The van der Waals surface area contributed by atoms with Crippen molar-refractivity contribution in [2.24, 2.45) is 5.92 Å². The molecular weight excluding hydrogens is 306 g/mol. The highest BCUT2D eigenvalue weighted by atomic mass is 19.2. The highest BCUT2D eigenvalue weighted by Crippen LogP contribution is 2.24. The maximum absolute atomic E-state index is 13.3. The number of hydrogen-bond acceptors (Lipinski definition) is 3. The van der Waals surface area contributed by atoms with Crippen LogP contribution in [0.4, 0.5) is 19.3 Å². The first-order valence-corrected chi connectivity index (χ1v) is 7.55. The molecule has 0 bridgehead atoms. The van der Waals surface area contributed by atoms with Gasteiger partial charge in [0.25, 0.3) is 0 Å². The Hall–Kier alpha value is -2.38. The van der Waals surface area contributed by atoms with Crippen LogP contribution in [-0.4, -0.2) is 44.2 Å². The second-order valence-electron chi connectivity index (χ2n) is 5.85. The third-order valence-corrected chi connectivity index (χ3v) is 4.21. The van der Waals surface area contributed by atoms with Crippen molar-refractivity contribution in [1.82, 2.24) is 16.0 Å². The van der Waals surface area contributed by atoms with E-state index in [-0.39, 0.29) is 24.4 Å². The molecular formula is C15H18F2N4O2. The first-order valence-electron chi connectivity index (χ1n) is 7.55. The van der Waals surface area contributed by atoms with Crippen LogP contribution in [0.2, 0.25) is 0 Å². The van der Waals surface area contributed by atoms with Crippen molar-refractivity contribution in [2.75, 3.05) is 31.1 Å². The Morgan fingerprint density at radius 1 is 1.35 bits per heavy atom. The van der Waals surface area contributed by atoms with Gasteiger partial charge in [0, 0.05) is 37.9 Å². The lowest BCUT2D eigenvalue weighted by atomic mass is 10.1. The minimum Gasteiger partial charge on any atom is -0.371 e. The molecule has 1 aromatic carbocycles. The lowest BCUT2D eigenvalue weighted by Gasteiger charge is -2.19. The first kappa shape index (κ1) is 15.5. The van der Waals surface area contributed by atoms with Crippen molar-refractivity contribution in [1.29, 1.82) is 0 Å². The third kappa shape index (κ3) is 3.52. The number of amides is 3. The Kier molecular flexibility index (Phi) is 4.31. The van der Waals surface area contributed by atoms with Crippen LogP contribution in [0.25, 0.3) is 0 Å². The minimum absolute atomic E-state index is 0.213. The number of carbonyl (C=O) groups excluding carboxylic acids is 2. The van der Waals surface area contributed by atoms with Crippen LogP contribution < -0.4 is 20.9 Å². The number of nitrogens with zero attached hydrogens (tertiary/aromatic N) is 1. The monoisotopic (exact) mass is 324 g/mol. The number of carbonyl (C=O) groups is 2. The summed E-state index contributed by atoms with van der Waals surface area (Å²) in [4.78, 5) is 24.9. The van der Waals surface area contributed by atoms with Gasteiger partial charge in [-0.25, -0.2) is 13.6 Å². The van der Waals surface area contributed by atoms with Gasteiger partial charge in [-0.3, -0.25) is 4.79 Å². The third-order valence-electron chi connectivity index (χ3n) is 4.21. The van der Waals surface area contributed by atoms with Gasteiger partial charge < -0.3 is 20.9 Å². The summed E-state index contributed by atoms with van der Waals surface area (Å²) in [5.74, 6) is -1.69. The van der Waals surface area contributed by atoms with E-state index < -0.39 is 17.7 Å². The van der Waals surface area contributed by atoms with Gasteiger partial charge in [-0.05, 0) is 24.5 Å².